The van der Waals surface area contributed by atoms with Crippen LogP contribution in [0.25, 0.3) is 0 Å². The molecule has 0 aliphatic carbocycles. The van der Waals surface area contributed by atoms with Gasteiger partial charge in [0.25, 0.3) is 0 Å². The molecule has 0 radical (unpaired) electrons. The van der Waals surface area contributed by atoms with Gasteiger partial charge in [-0.25, -0.2) is 9.37 Å². The third kappa shape index (κ3) is 3.11. The van der Waals surface area contributed by atoms with E-state index in [1.165, 1.54) is 24.4 Å². The average Bonchev–Trinajstić information content (AvgIpc) is 2.32. The zero-order chi connectivity index (χ0) is 12.3. The van der Waals surface area contributed by atoms with Gasteiger partial charge in [-0.1, -0.05) is 23.7 Å². The molecule has 0 aliphatic rings. The van der Waals surface area contributed by atoms with Gasteiger partial charge < -0.3 is 0 Å². The number of hydrogen-bond donors (Lipinski definition) is 0. The lowest BCUT2D eigenvalue weighted by Crippen LogP contribution is -2.03. The van der Waals surface area contributed by atoms with Crippen LogP contribution in [-0.4, -0.2) is 10.8 Å². The van der Waals surface area contributed by atoms with E-state index in [9.17, 15) is 9.18 Å². The van der Waals surface area contributed by atoms with Crippen LogP contribution in [0.15, 0.2) is 42.6 Å². The molecule has 0 aliphatic heterocycles. The number of pyridine rings is 1. The standard InChI is InChI=1S/C13H9ClFNO/c14-13-8-10(5-6-16-13)12(17)7-9-1-3-11(15)4-2-9/h1-6,8H,7H2. The molecule has 0 atom stereocenters. The van der Waals surface area contributed by atoms with Crippen molar-refractivity contribution in [3.8, 4) is 0 Å². The van der Waals surface area contributed by atoms with Crippen LogP contribution in [0.5, 0.6) is 0 Å². The number of carbonyl (C=O) groups is 1. The highest BCUT2D eigenvalue weighted by Crippen LogP contribution is 2.11. The predicted octanol–water partition coefficient (Wildman–Crippen LogP) is 3.30. The van der Waals surface area contributed by atoms with Crippen LogP contribution >= 0.6 is 11.6 Å². The molecule has 0 fully saturated rings. The maximum absolute atomic E-state index is 12.7. The molecule has 2 aromatic rings. The van der Waals surface area contributed by atoms with E-state index in [1.54, 1.807) is 18.2 Å². The summed E-state index contributed by atoms with van der Waals surface area (Å²) >= 11 is 5.70. The molecular formula is C13H9ClFNO. The van der Waals surface area contributed by atoms with E-state index >= 15 is 0 Å². The van der Waals surface area contributed by atoms with Crippen LogP contribution < -0.4 is 0 Å². The fourth-order valence-corrected chi connectivity index (χ4v) is 1.64. The second-order valence-electron chi connectivity index (χ2n) is 3.59. The summed E-state index contributed by atoms with van der Waals surface area (Å²) < 4.78 is 12.7. The van der Waals surface area contributed by atoms with E-state index in [0.29, 0.717) is 5.56 Å². The van der Waals surface area contributed by atoms with Gasteiger partial charge in [0.2, 0.25) is 0 Å². The van der Waals surface area contributed by atoms with Crippen molar-refractivity contribution in [1.29, 1.82) is 0 Å². The van der Waals surface area contributed by atoms with E-state index in [-0.39, 0.29) is 23.2 Å². The highest BCUT2D eigenvalue weighted by atomic mass is 35.5. The van der Waals surface area contributed by atoms with Crippen molar-refractivity contribution < 1.29 is 9.18 Å². The molecule has 1 heterocycles. The van der Waals surface area contributed by atoms with E-state index in [1.807, 2.05) is 0 Å². The fraction of sp³-hybridized carbons (Fsp3) is 0.0769. The molecule has 2 nitrogen and oxygen atoms in total. The summed E-state index contributed by atoms with van der Waals surface area (Å²) in [5.41, 5.74) is 1.28. The largest absolute Gasteiger partial charge is 0.294 e. The number of nitrogens with zero attached hydrogens (tertiary/aromatic N) is 1. The third-order valence-corrected chi connectivity index (χ3v) is 2.53. The normalized spacial score (nSPS) is 10.2. The monoisotopic (exact) mass is 249 g/mol. The minimum absolute atomic E-state index is 0.0686. The van der Waals surface area contributed by atoms with Gasteiger partial charge in [0, 0.05) is 18.2 Å². The first-order chi connectivity index (χ1) is 8.15. The lowest BCUT2D eigenvalue weighted by molar-refractivity contribution is 0.0993. The number of hydrogen-bond acceptors (Lipinski definition) is 2. The highest BCUT2D eigenvalue weighted by Gasteiger charge is 2.07. The van der Waals surface area contributed by atoms with Crippen molar-refractivity contribution >= 4 is 17.4 Å². The Balaban J connectivity index is 2.14. The molecule has 0 bridgehead atoms. The van der Waals surface area contributed by atoms with Gasteiger partial charge in [0.1, 0.15) is 11.0 Å². The number of ketones is 1. The molecule has 86 valence electrons. The number of carbonyl (C=O) groups excluding carboxylic acids is 1. The van der Waals surface area contributed by atoms with Crippen molar-refractivity contribution in [2.45, 2.75) is 6.42 Å². The lowest BCUT2D eigenvalue weighted by Gasteiger charge is -2.01. The molecule has 1 aromatic carbocycles. The van der Waals surface area contributed by atoms with Crippen LogP contribution in [0, 0.1) is 5.82 Å². The first kappa shape index (κ1) is 11.7. The van der Waals surface area contributed by atoms with E-state index < -0.39 is 0 Å². The van der Waals surface area contributed by atoms with Gasteiger partial charge >= 0.3 is 0 Å². The second kappa shape index (κ2) is 5.06. The summed E-state index contributed by atoms with van der Waals surface area (Å²) in [6, 6.07) is 8.99. The molecule has 2 rings (SSSR count). The molecule has 0 spiro atoms. The Kier molecular flexibility index (Phi) is 3.49. The Hall–Kier alpha value is -1.74. The third-order valence-electron chi connectivity index (χ3n) is 2.33. The molecule has 1 aromatic heterocycles. The van der Waals surface area contributed by atoms with Crippen LogP contribution in [0.4, 0.5) is 4.39 Å². The first-order valence-electron chi connectivity index (χ1n) is 5.04. The van der Waals surface area contributed by atoms with Crippen LogP contribution in [0.3, 0.4) is 0 Å². The van der Waals surface area contributed by atoms with E-state index in [4.69, 9.17) is 11.6 Å². The van der Waals surface area contributed by atoms with E-state index in [2.05, 4.69) is 4.98 Å². The predicted molar refractivity (Wildman–Crippen MR) is 63.7 cm³/mol. The minimum Gasteiger partial charge on any atom is -0.294 e. The molecule has 0 N–H and O–H groups in total. The van der Waals surface area contributed by atoms with E-state index in [0.717, 1.165) is 5.56 Å². The second-order valence-corrected chi connectivity index (χ2v) is 3.98. The Morgan fingerprint density at radius 1 is 1.24 bits per heavy atom. The average molecular weight is 250 g/mol. The molecule has 0 saturated carbocycles. The smallest absolute Gasteiger partial charge is 0.167 e. The molecule has 0 amide bonds. The minimum atomic E-state index is -0.312. The summed E-state index contributed by atoms with van der Waals surface area (Å²) in [5, 5.41) is 0.287. The Labute approximate surface area is 103 Å². The summed E-state index contributed by atoms with van der Waals surface area (Å²) in [7, 11) is 0. The maximum atomic E-state index is 12.7. The number of halogens is 2. The van der Waals surface area contributed by atoms with Gasteiger partial charge in [-0.05, 0) is 29.8 Å². The lowest BCUT2D eigenvalue weighted by atomic mass is 10.0. The SMILES string of the molecule is O=C(Cc1ccc(F)cc1)c1ccnc(Cl)c1. The van der Waals surface area contributed by atoms with Crippen molar-refractivity contribution in [1.82, 2.24) is 4.98 Å². The quantitative estimate of drug-likeness (QED) is 0.617. The van der Waals surface area contributed by atoms with Gasteiger partial charge in [-0.15, -0.1) is 0 Å². The van der Waals surface area contributed by atoms with Crippen molar-refractivity contribution in [3.05, 3.63) is 64.7 Å². The zero-order valence-corrected chi connectivity index (χ0v) is 9.62. The Morgan fingerprint density at radius 3 is 2.59 bits per heavy atom. The summed E-state index contributed by atoms with van der Waals surface area (Å²) in [6.45, 7) is 0. The van der Waals surface area contributed by atoms with Crippen molar-refractivity contribution in [2.75, 3.05) is 0 Å². The zero-order valence-electron chi connectivity index (χ0n) is 8.86. The van der Waals surface area contributed by atoms with Crippen LogP contribution in [-0.2, 0) is 6.42 Å². The van der Waals surface area contributed by atoms with Crippen LogP contribution in [0.1, 0.15) is 15.9 Å². The van der Waals surface area contributed by atoms with Gasteiger partial charge in [-0.2, -0.15) is 0 Å². The molecular weight excluding hydrogens is 241 g/mol. The number of Topliss-reactive ketones (excluding diaryl/α,β-unsaturated/α-hetero) is 1. The van der Waals surface area contributed by atoms with Gasteiger partial charge in [0.05, 0.1) is 0 Å². The first-order valence-corrected chi connectivity index (χ1v) is 5.42. The van der Waals surface area contributed by atoms with Crippen molar-refractivity contribution in [2.24, 2.45) is 0 Å². The molecule has 0 saturated heterocycles. The molecule has 4 heteroatoms. The number of rotatable bonds is 3. The molecule has 17 heavy (non-hydrogen) atoms. The van der Waals surface area contributed by atoms with Gasteiger partial charge in [0.15, 0.2) is 5.78 Å². The van der Waals surface area contributed by atoms with Gasteiger partial charge in [-0.3, -0.25) is 4.79 Å². The maximum Gasteiger partial charge on any atom is 0.167 e. The summed E-state index contributed by atoms with van der Waals surface area (Å²) in [6.07, 6.45) is 1.71. The fourth-order valence-electron chi connectivity index (χ4n) is 1.47. The summed E-state index contributed by atoms with van der Waals surface area (Å²) in [4.78, 5) is 15.7. The molecule has 0 unspecified atom stereocenters. The van der Waals surface area contributed by atoms with Crippen LogP contribution in [0.2, 0.25) is 5.15 Å². The number of aromatic nitrogens is 1. The Morgan fingerprint density at radius 2 is 1.94 bits per heavy atom. The topological polar surface area (TPSA) is 30.0 Å². The van der Waals surface area contributed by atoms with Crippen molar-refractivity contribution in [3.63, 3.8) is 0 Å². The summed E-state index contributed by atoms with van der Waals surface area (Å²) in [5.74, 6) is -0.380. The Bertz CT molecular complexity index is 539. The number of benzene rings is 1. The highest BCUT2D eigenvalue weighted by molar-refractivity contribution is 6.29.